The first-order valence-electron chi connectivity index (χ1n) is 3.92. The van der Waals surface area contributed by atoms with Crippen molar-refractivity contribution < 1.29 is 0 Å². The maximum atomic E-state index is 2.42. The van der Waals surface area contributed by atoms with Gasteiger partial charge in [-0.2, -0.15) is 0 Å². The van der Waals surface area contributed by atoms with Crippen molar-refractivity contribution in [2.75, 3.05) is 0 Å². The van der Waals surface area contributed by atoms with Gasteiger partial charge in [-0.3, -0.25) is 0 Å². The highest BCUT2D eigenvalue weighted by Gasteiger charge is 2.10. The van der Waals surface area contributed by atoms with E-state index in [1.807, 2.05) is 0 Å². The van der Waals surface area contributed by atoms with Gasteiger partial charge in [0.25, 0.3) is 0 Å². The predicted molar refractivity (Wildman–Crippen MR) is 47.8 cm³/mol. The molecule has 0 unspecified atom stereocenters. The van der Waals surface area contributed by atoms with E-state index < -0.39 is 0 Å². The van der Waals surface area contributed by atoms with E-state index in [4.69, 9.17) is 0 Å². The average molecular weight is 144 g/mol. The van der Waals surface area contributed by atoms with Gasteiger partial charge in [0.15, 0.2) is 0 Å². The fraction of sp³-hybridized carbons (Fsp3) is 1.00. The molecular formula is C8H20Si. The summed E-state index contributed by atoms with van der Waals surface area (Å²) in [5.74, 6) is 0. The van der Waals surface area contributed by atoms with Gasteiger partial charge in [-0.05, 0) is 5.41 Å². The molecule has 0 radical (unpaired) electrons. The molecule has 0 saturated carbocycles. The van der Waals surface area contributed by atoms with Crippen LogP contribution in [0.1, 0.15) is 27.2 Å². The van der Waals surface area contributed by atoms with Crippen molar-refractivity contribution in [1.29, 1.82) is 0 Å². The Kier molecular flexibility index (Phi) is 3.48. The van der Waals surface area contributed by atoms with Gasteiger partial charge < -0.3 is 0 Å². The highest BCUT2D eigenvalue weighted by molar-refractivity contribution is 6.55. The van der Waals surface area contributed by atoms with Crippen molar-refractivity contribution in [2.24, 2.45) is 5.41 Å². The van der Waals surface area contributed by atoms with Crippen molar-refractivity contribution >= 4 is 8.80 Å². The zero-order valence-electron chi connectivity index (χ0n) is 7.49. The molecule has 0 spiro atoms. The van der Waals surface area contributed by atoms with Gasteiger partial charge in [-0.15, -0.1) is 0 Å². The summed E-state index contributed by atoms with van der Waals surface area (Å²) in [5, 5.41) is 0. The van der Waals surface area contributed by atoms with Gasteiger partial charge in [0.2, 0.25) is 0 Å². The van der Waals surface area contributed by atoms with Crippen molar-refractivity contribution in [3.63, 3.8) is 0 Å². The maximum absolute atomic E-state index is 2.42. The Morgan fingerprint density at radius 3 is 1.67 bits per heavy atom. The summed E-state index contributed by atoms with van der Waals surface area (Å²) in [7, 11) is -0.270. The van der Waals surface area contributed by atoms with Crippen LogP contribution in [0.4, 0.5) is 0 Å². The minimum absolute atomic E-state index is 0.270. The summed E-state index contributed by atoms with van der Waals surface area (Å²) in [4.78, 5) is 0. The highest BCUT2D eigenvalue weighted by Crippen LogP contribution is 2.21. The number of hydrogen-bond donors (Lipinski definition) is 0. The standard InChI is InChI=1S/C8H20Si/c1-8(2,3)6-7-9(4)5/h9H,6-7H2,1-5H3. The molecule has 0 amide bonds. The van der Waals surface area contributed by atoms with Gasteiger partial charge in [0, 0.05) is 8.80 Å². The SMILES string of the molecule is C[SiH](C)CCC(C)(C)C. The molecule has 0 atom stereocenters. The van der Waals surface area contributed by atoms with E-state index in [1.165, 1.54) is 12.5 Å². The Balaban J connectivity index is 3.28. The normalized spacial score (nSPS) is 12.7. The van der Waals surface area contributed by atoms with Gasteiger partial charge >= 0.3 is 0 Å². The molecule has 0 nitrogen and oxygen atoms in total. The average Bonchev–Trinajstić information content (AvgIpc) is 1.59. The topological polar surface area (TPSA) is 0 Å². The minimum atomic E-state index is -0.270. The van der Waals surface area contributed by atoms with E-state index in [0.717, 1.165) is 0 Å². The Morgan fingerprint density at radius 2 is 1.56 bits per heavy atom. The second kappa shape index (κ2) is 3.40. The smallest absolute Gasteiger partial charge is 0.0305 e. The lowest BCUT2D eigenvalue weighted by Crippen LogP contribution is -2.09. The zero-order chi connectivity index (χ0) is 7.49. The van der Waals surface area contributed by atoms with E-state index in [1.54, 1.807) is 0 Å². The Morgan fingerprint density at radius 1 is 1.11 bits per heavy atom. The molecule has 0 aromatic heterocycles. The molecule has 0 fully saturated rings. The van der Waals surface area contributed by atoms with Crippen LogP contribution in [0.25, 0.3) is 0 Å². The maximum Gasteiger partial charge on any atom is 0.0305 e. The van der Waals surface area contributed by atoms with E-state index in [-0.39, 0.29) is 8.80 Å². The number of hydrogen-bond acceptors (Lipinski definition) is 0. The third kappa shape index (κ3) is 8.22. The number of rotatable bonds is 2. The molecule has 1 heteroatoms. The van der Waals surface area contributed by atoms with Crippen molar-refractivity contribution in [3.05, 3.63) is 0 Å². The lowest BCUT2D eigenvalue weighted by Gasteiger charge is -2.18. The van der Waals surface area contributed by atoms with Crippen LogP contribution in [0.15, 0.2) is 0 Å². The monoisotopic (exact) mass is 144 g/mol. The molecule has 0 aromatic carbocycles. The third-order valence-electron chi connectivity index (χ3n) is 1.47. The molecule has 0 aromatic rings. The molecule has 0 saturated heterocycles. The summed E-state index contributed by atoms with van der Waals surface area (Å²) in [6.07, 6.45) is 1.41. The molecule has 0 rings (SSSR count). The van der Waals surface area contributed by atoms with Crippen LogP contribution in [0, 0.1) is 5.41 Å². The van der Waals surface area contributed by atoms with Crippen LogP contribution >= 0.6 is 0 Å². The molecule has 0 aliphatic rings. The van der Waals surface area contributed by atoms with E-state index in [9.17, 15) is 0 Å². The Hall–Kier alpha value is 0.217. The van der Waals surface area contributed by atoms with E-state index in [2.05, 4.69) is 33.9 Å². The van der Waals surface area contributed by atoms with Gasteiger partial charge in [0.05, 0.1) is 0 Å². The zero-order valence-corrected chi connectivity index (χ0v) is 8.65. The molecular weight excluding hydrogens is 124 g/mol. The molecule has 0 aliphatic heterocycles. The molecule has 0 heterocycles. The van der Waals surface area contributed by atoms with Gasteiger partial charge in [0.1, 0.15) is 0 Å². The van der Waals surface area contributed by atoms with Gasteiger partial charge in [-0.1, -0.05) is 46.3 Å². The van der Waals surface area contributed by atoms with Crippen LogP contribution in [0.5, 0.6) is 0 Å². The van der Waals surface area contributed by atoms with E-state index in [0.29, 0.717) is 5.41 Å². The Bertz CT molecular complexity index is 69.1. The molecule has 0 N–H and O–H groups in total. The van der Waals surface area contributed by atoms with Crippen molar-refractivity contribution in [2.45, 2.75) is 46.3 Å². The lowest BCUT2D eigenvalue weighted by atomic mass is 9.94. The first-order valence-corrected chi connectivity index (χ1v) is 7.04. The fourth-order valence-electron chi connectivity index (χ4n) is 0.722. The van der Waals surface area contributed by atoms with Crippen LogP contribution in [0.3, 0.4) is 0 Å². The summed E-state index contributed by atoms with van der Waals surface area (Å²) in [6.45, 7) is 11.8. The van der Waals surface area contributed by atoms with Crippen molar-refractivity contribution in [1.82, 2.24) is 0 Å². The lowest BCUT2D eigenvalue weighted by molar-refractivity contribution is 0.396. The molecule has 0 aliphatic carbocycles. The minimum Gasteiger partial charge on any atom is -0.0722 e. The largest absolute Gasteiger partial charge is 0.0722 e. The van der Waals surface area contributed by atoms with Crippen molar-refractivity contribution in [3.8, 4) is 0 Å². The summed E-state index contributed by atoms with van der Waals surface area (Å²) < 4.78 is 0. The van der Waals surface area contributed by atoms with Crippen LogP contribution in [0.2, 0.25) is 19.1 Å². The summed E-state index contributed by atoms with van der Waals surface area (Å²) in [5.41, 5.74) is 0.567. The molecule has 56 valence electrons. The van der Waals surface area contributed by atoms with Crippen LogP contribution in [-0.4, -0.2) is 8.80 Å². The van der Waals surface area contributed by atoms with Crippen LogP contribution < -0.4 is 0 Å². The van der Waals surface area contributed by atoms with Crippen LogP contribution in [-0.2, 0) is 0 Å². The predicted octanol–water partition coefficient (Wildman–Crippen LogP) is 2.91. The summed E-state index contributed by atoms with van der Waals surface area (Å²) >= 11 is 0. The van der Waals surface area contributed by atoms with Gasteiger partial charge in [-0.25, -0.2) is 0 Å². The summed E-state index contributed by atoms with van der Waals surface area (Å²) in [6, 6.07) is 1.50. The molecule has 0 bridgehead atoms. The first-order chi connectivity index (χ1) is 3.92. The second-order valence-electron chi connectivity index (χ2n) is 4.49. The Labute approximate surface area is 61.3 Å². The molecule has 9 heavy (non-hydrogen) atoms. The quantitative estimate of drug-likeness (QED) is 0.523. The first kappa shape index (κ1) is 9.22. The highest BCUT2D eigenvalue weighted by atomic mass is 28.3. The second-order valence-corrected chi connectivity index (χ2v) is 7.86. The fourth-order valence-corrected chi connectivity index (χ4v) is 2.17. The van der Waals surface area contributed by atoms with E-state index >= 15 is 0 Å². The third-order valence-corrected chi connectivity index (χ3v) is 2.92.